The van der Waals surface area contributed by atoms with Crippen molar-refractivity contribution < 1.29 is 9.21 Å². The van der Waals surface area contributed by atoms with Crippen LogP contribution in [-0.4, -0.2) is 43.2 Å². The van der Waals surface area contributed by atoms with Crippen LogP contribution < -0.4 is 16.3 Å². The van der Waals surface area contributed by atoms with Gasteiger partial charge in [-0.1, -0.05) is 25.5 Å². The van der Waals surface area contributed by atoms with Crippen molar-refractivity contribution in [1.82, 2.24) is 15.5 Å². The zero-order valence-electron chi connectivity index (χ0n) is 22.1. The number of amides is 2. The highest BCUT2D eigenvalue weighted by Crippen LogP contribution is 2.67. The maximum Gasteiger partial charge on any atom is 0.335 e. The Balaban J connectivity index is 1.13. The van der Waals surface area contributed by atoms with Crippen LogP contribution in [0.4, 0.5) is 4.79 Å². The van der Waals surface area contributed by atoms with E-state index in [9.17, 15) is 9.59 Å². The zero-order chi connectivity index (χ0) is 24.9. The molecule has 196 valence electrons. The van der Waals surface area contributed by atoms with Crippen molar-refractivity contribution in [3.8, 4) is 0 Å². The molecule has 3 saturated carbocycles. The van der Waals surface area contributed by atoms with Gasteiger partial charge in [-0.05, 0) is 110 Å². The van der Waals surface area contributed by atoms with E-state index in [1.165, 1.54) is 37.7 Å². The maximum absolute atomic E-state index is 13.0. The number of carbonyl (C=O) groups is 1. The first kappa shape index (κ1) is 24.3. The highest BCUT2D eigenvalue weighted by Gasteiger charge is 2.57. The SMILES string of the molecule is CC12CC[C@H]3[C@@H](CC[C@@H]4C[C@@H](NC(=O)N5CCCNCC5)CCC43C)C1=CC[C@@H]2c1ccc(=O)oc1. The van der Waals surface area contributed by atoms with Crippen LogP contribution >= 0.6 is 0 Å². The van der Waals surface area contributed by atoms with E-state index in [-0.39, 0.29) is 17.1 Å². The third-order valence-corrected chi connectivity index (χ3v) is 11.1. The highest BCUT2D eigenvalue weighted by atomic mass is 16.4. The van der Waals surface area contributed by atoms with E-state index in [0.29, 0.717) is 29.2 Å². The average Bonchev–Trinajstić information content (AvgIpc) is 3.03. The minimum atomic E-state index is -0.264. The van der Waals surface area contributed by atoms with Crippen LogP contribution in [0.5, 0.6) is 0 Å². The molecule has 1 aliphatic heterocycles. The van der Waals surface area contributed by atoms with Gasteiger partial charge >= 0.3 is 11.7 Å². The minimum Gasteiger partial charge on any atom is -0.431 e. The molecule has 1 aromatic heterocycles. The Morgan fingerprint density at radius 2 is 2.00 bits per heavy atom. The predicted octanol–water partition coefficient (Wildman–Crippen LogP) is 5.06. The average molecular weight is 494 g/mol. The number of rotatable bonds is 2. The Kier molecular flexibility index (Phi) is 6.30. The monoisotopic (exact) mass is 493 g/mol. The number of urea groups is 1. The van der Waals surface area contributed by atoms with E-state index in [1.54, 1.807) is 17.9 Å². The summed E-state index contributed by atoms with van der Waals surface area (Å²) in [5, 5.41) is 6.82. The molecule has 1 aromatic rings. The third-order valence-electron chi connectivity index (χ3n) is 11.1. The molecule has 6 nitrogen and oxygen atoms in total. The quantitative estimate of drug-likeness (QED) is 0.565. The summed E-state index contributed by atoms with van der Waals surface area (Å²) in [7, 11) is 0. The lowest BCUT2D eigenvalue weighted by Crippen LogP contribution is -2.55. The molecule has 5 aliphatic rings. The fourth-order valence-corrected chi connectivity index (χ4v) is 9.11. The van der Waals surface area contributed by atoms with Gasteiger partial charge in [-0.25, -0.2) is 9.59 Å². The molecule has 6 rings (SSSR count). The maximum atomic E-state index is 13.0. The summed E-state index contributed by atoms with van der Waals surface area (Å²) < 4.78 is 5.26. The van der Waals surface area contributed by atoms with Gasteiger partial charge in [0.15, 0.2) is 0 Å². The molecule has 0 spiro atoms. The van der Waals surface area contributed by atoms with E-state index in [1.807, 2.05) is 11.0 Å². The topological polar surface area (TPSA) is 74.6 Å². The van der Waals surface area contributed by atoms with E-state index in [2.05, 4.69) is 30.6 Å². The molecular formula is C30H43N3O3. The molecule has 0 bridgehead atoms. The van der Waals surface area contributed by atoms with Crippen molar-refractivity contribution in [2.24, 2.45) is 28.6 Å². The minimum absolute atomic E-state index is 0.147. The fraction of sp³-hybridized carbons (Fsp3) is 0.733. The highest BCUT2D eigenvalue weighted by molar-refractivity contribution is 5.74. The van der Waals surface area contributed by atoms with E-state index in [0.717, 1.165) is 57.8 Å². The Morgan fingerprint density at radius 3 is 2.83 bits per heavy atom. The number of hydrogen-bond acceptors (Lipinski definition) is 4. The smallest absolute Gasteiger partial charge is 0.335 e. The molecule has 36 heavy (non-hydrogen) atoms. The number of carbonyl (C=O) groups excluding carboxylic acids is 1. The van der Waals surface area contributed by atoms with Gasteiger partial charge in [0.1, 0.15) is 0 Å². The van der Waals surface area contributed by atoms with Gasteiger partial charge in [0.25, 0.3) is 0 Å². The summed E-state index contributed by atoms with van der Waals surface area (Å²) >= 11 is 0. The van der Waals surface area contributed by atoms with Gasteiger partial charge in [-0.3, -0.25) is 0 Å². The van der Waals surface area contributed by atoms with Crippen LogP contribution in [0.15, 0.2) is 39.3 Å². The number of nitrogens with one attached hydrogen (secondary N) is 2. The molecule has 0 radical (unpaired) electrons. The molecule has 4 aliphatic carbocycles. The van der Waals surface area contributed by atoms with Gasteiger partial charge in [-0.15, -0.1) is 0 Å². The molecule has 2 N–H and O–H groups in total. The van der Waals surface area contributed by atoms with Crippen LogP contribution in [-0.2, 0) is 0 Å². The van der Waals surface area contributed by atoms with Crippen LogP contribution in [0.3, 0.4) is 0 Å². The molecule has 7 atom stereocenters. The second-order valence-corrected chi connectivity index (χ2v) is 12.8. The fourth-order valence-electron chi connectivity index (χ4n) is 9.11. The van der Waals surface area contributed by atoms with Crippen molar-refractivity contribution >= 4 is 6.03 Å². The van der Waals surface area contributed by atoms with Gasteiger partial charge in [0, 0.05) is 31.7 Å². The lowest BCUT2D eigenvalue weighted by molar-refractivity contribution is -0.0587. The Labute approximate surface area is 215 Å². The van der Waals surface area contributed by atoms with Crippen molar-refractivity contribution in [1.29, 1.82) is 0 Å². The number of fused-ring (bicyclic) bond motifs is 5. The van der Waals surface area contributed by atoms with Crippen molar-refractivity contribution in [2.45, 2.75) is 83.6 Å². The van der Waals surface area contributed by atoms with Crippen LogP contribution in [0.2, 0.25) is 0 Å². The van der Waals surface area contributed by atoms with Gasteiger partial charge in [-0.2, -0.15) is 0 Å². The van der Waals surface area contributed by atoms with Gasteiger partial charge in [0.2, 0.25) is 0 Å². The van der Waals surface area contributed by atoms with Crippen LogP contribution in [0.1, 0.15) is 83.1 Å². The van der Waals surface area contributed by atoms with Crippen molar-refractivity contribution in [3.05, 3.63) is 46.0 Å². The summed E-state index contributed by atoms with van der Waals surface area (Å²) in [6.07, 6.45) is 14.9. The van der Waals surface area contributed by atoms with E-state index >= 15 is 0 Å². The van der Waals surface area contributed by atoms with Crippen LogP contribution in [0.25, 0.3) is 0 Å². The number of hydrogen-bond donors (Lipinski definition) is 2. The van der Waals surface area contributed by atoms with E-state index in [4.69, 9.17) is 4.42 Å². The zero-order valence-corrected chi connectivity index (χ0v) is 22.1. The van der Waals surface area contributed by atoms with Gasteiger partial charge < -0.3 is 20.0 Å². The molecule has 2 heterocycles. The second-order valence-electron chi connectivity index (χ2n) is 12.8. The Bertz CT molecular complexity index is 1050. The summed E-state index contributed by atoms with van der Waals surface area (Å²) in [5.74, 6) is 2.55. The first-order valence-corrected chi connectivity index (χ1v) is 14.4. The predicted molar refractivity (Wildman–Crippen MR) is 141 cm³/mol. The molecule has 2 amide bonds. The largest absolute Gasteiger partial charge is 0.431 e. The molecule has 0 aromatic carbocycles. The molecule has 1 saturated heterocycles. The normalized spacial score (nSPS) is 40.3. The molecule has 2 unspecified atom stereocenters. The third kappa shape index (κ3) is 4.04. The van der Waals surface area contributed by atoms with Gasteiger partial charge in [0.05, 0.1) is 6.26 Å². The first-order valence-electron chi connectivity index (χ1n) is 14.4. The van der Waals surface area contributed by atoms with E-state index < -0.39 is 0 Å². The summed E-state index contributed by atoms with van der Waals surface area (Å²) in [5.41, 5.74) is 3.16. The summed E-state index contributed by atoms with van der Waals surface area (Å²) in [6, 6.07) is 4.03. The second kappa shape index (κ2) is 9.34. The first-order chi connectivity index (χ1) is 17.4. The molecule has 6 heteroatoms. The summed E-state index contributed by atoms with van der Waals surface area (Å²) in [6.45, 7) is 8.63. The van der Waals surface area contributed by atoms with Crippen LogP contribution in [0, 0.1) is 28.6 Å². The molecule has 4 fully saturated rings. The Morgan fingerprint density at radius 1 is 1.11 bits per heavy atom. The summed E-state index contributed by atoms with van der Waals surface area (Å²) in [4.78, 5) is 26.5. The lowest BCUT2D eigenvalue weighted by atomic mass is 9.45. The van der Waals surface area contributed by atoms with Crippen molar-refractivity contribution in [3.63, 3.8) is 0 Å². The standard InChI is InChI=1S/C30H43N3O3/c1-29-12-10-22(32-28(35)33-16-3-14-31-15-17-33)18-21(29)5-6-23-25-8-7-24(20-4-9-27(34)36-19-20)30(25,2)13-11-26(23)29/h4,8-9,19,21-24,26,31H,3,5-7,10-18H2,1-2H3,(H,32,35)/t21-,22+,23+,24-,26+,29?,30?/m1/s1. The number of allylic oxidation sites excluding steroid dienone is 2. The van der Waals surface area contributed by atoms with Crippen molar-refractivity contribution in [2.75, 3.05) is 26.2 Å². The number of nitrogens with zero attached hydrogens (tertiary/aromatic N) is 1. The molecular weight excluding hydrogens is 450 g/mol. The lowest BCUT2D eigenvalue weighted by Gasteiger charge is -2.60. The Hall–Kier alpha value is -2.08.